The van der Waals surface area contributed by atoms with Crippen LogP contribution in [0.15, 0.2) is 0 Å². The second-order valence-electron chi connectivity index (χ2n) is 4.58. The van der Waals surface area contributed by atoms with Crippen molar-refractivity contribution in [2.24, 2.45) is 5.92 Å². The molecule has 0 aromatic rings. The van der Waals surface area contributed by atoms with Crippen molar-refractivity contribution in [1.82, 2.24) is 4.31 Å². The molecule has 0 amide bonds. The first-order valence-corrected chi connectivity index (χ1v) is 6.81. The van der Waals surface area contributed by atoms with Crippen LogP contribution in [0.25, 0.3) is 0 Å². The molecular formula is C10H23NO3S. The second-order valence-corrected chi connectivity index (χ2v) is 7.12. The van der Waals surface area contributed by atoms with Crippen molar-refractivity contribution in [3.63, 3.8) is 0 Å². The van der Waals surface area contributed by atoms with E-state index < -0.39 is 15.3 Å². The first-order chi connectivity index (χ1) is 6.73. The summed E-state index contributed by atoms with van der Waals surface area (Å²) in [5, 5.41) is 8.74. The van der Waals surface area contributed by atoms with E-state index in [4.69, 9.17) is 0 Å². The molecule has 0 aromatic heterocycles. The van der Waals surface area contributed by atoms with Crippen molar-refractivity contribution < 1.29 is 13.5 Å². The third-order valence-electron chi connectivity index (χ3n) is 2.47. The van der Waals surface area contributed by atoms with E-state index in [1.165, 1.54) is 4.31 Å². The van der Waals surface area contributed by atoms with Crippen molar-refractivity contribution in [2.75, 3.05) is 13.7 Å². The Morgan fingerprint density at radius 3 is 1.93 bits per heavy atom. The molecule has 5 heteroatoms. The molecule has 0 aliphatic heterocycles. The predicted molar refractivity (Wildman–Crippen MR) is 62.1 cm³/mol. The van der Waals surface area contributed by atoms with Crippen LogP contribution in [0.4, 0.5) is 0 Å². The van der Waals surface area contributed by atoms with E-state index in [9.17, 15) is 13.5 Å². The second kappa shape index (κ2) is 5.82. The fraction of sp³-hybridized carbons (Fsp3) is 1.00. The van der Waals surface area contributed by atoms with Gasteiger partial charge in [0.05, 0.1) is 11.9 Å². The van der Waals surface area contributed by atoms with Gasteiger partial charge in [-0.25, -0.2) is 8.42 Å². The maximum absolute atomic E-state index is 11.8. The summed E-state index contributed by atoms with van der Waals surface area (Å²) in [5.41, 5.74) is 0. The summed E-state index contributed by atoms with van der Waals surface area (Å²) in [5.74, 6) is 0.368. The molecule has 0 aliphatic carbocycles. The fourth-order valence-electron chi connectivity index (χ4n) is 1.42. The van der Waals surface area contributed by atoms with E-state index in [-0.39, 0.29) is 12.6 Å². The molecule has 0 unspecified atom stereocenters. The van der Waals surface area contributed by atoms with E-state index in [0.29, 0.717) is 12.3 Å². The molecule has 0 spiro atoms. The number of aliphatic hydroxyl groups is 1. The molecule has 0 bridgehead atoms. The highest BCUT2D eigenvalue weighted by atomic mass is 32.2. The lowest BCUT2D eigenvalue weighted by molar-refractivity contribution is 0.182. The molecular weight excluding hydrogens is 214 g/mol. The van der Waals surface area contributed by atoms with Crippen molar-refractivity contribution in [1.29, 1.82) is 0 Å². The molecule has 92 valence electrons. The van der Waals surface area contributed by atoms with Crippen LogP contribution in [0.1, 0.15) is 34.1 Å². The zero-order valence-electron chi connectivity index (χ0n) is 10.3. The van der Waals surface area contributed by atoms with Crippen molar-refractivity contribution in [2.45, 2.75) is 45.4 Å². The minimum atomic E-state index is -3.26. The van der Waals surface area contributed by atoms with Crippen molar-refractivity contribution >= 4 is 10.0 Å². The van der Waals surface area contributed by atoms with Crippen LogP contribution in [0.3, 0.4) is 0 Å². The van der Waals surface area contributed by atoms with Gasteiger partial charge < -0.3 is 5.11 Å². The SMILES string of the molecule is CC(C)C[C@H](CO)N(C)S(=O)(=O)C(C)C. The van der Waals surface area contributed by atoms with Gasteiger partial charge in [-0.1, -0.05) is 13.8 Å². The van der Waals surface area contributed by atoms with Crippen LogP contribution in [0, 0.1) is 5.92 Å². The molecule has 0 saturated carbocycles. The topological polar surface area (TPSA) is 57.6 Å². The zero-order valence-corrected chi connectivity index (χ0v) is 11.1. The highest BCUT2D eigenvalue weighted by Gasteiger charge is 2.28. The predicted octanol–water partition coefficient (Wildman–Crippen LogP) is 1.06. The van der Waals surface area contributed by atoms with Crippen molar-refractivity contribution in [3.05, 3.63) is 0 Å². The van der Waals surface area contributed by atoms with Gasteiger partial charge in [-0.3, -0.25) is 0 Å². The number of aliphatic hydroxyl groups excluding tert-OH is 1. The van der Waals surface area contributed by atoms with Gasteiger partial charge in [-0.05, 0) is 26.2 Å². The molecule has 0 heterocycles. The van der Waals surface area contributed by atoms with Crippen LogP contribution in [-0.2, 0) is 10.0 Å². The Hall–Kier alpha value is -0.130. The molecule has 0 saturated heterocycles. The fourth-order valence-corrected chi connectivity index (χ4v) is 2.66. The Kier molecular flexibility index (Phi) is 5.77. The Morgan fingerprint density at radius 2 is 1.67 bits per heavy atom. The summed E-state index contributed by atoms with van der Waals surface area (Å²) in [6.07, 6.45) is 0.680. The minimum Gasteiger partial charge on any atom is -0.395 e. The van der Waals surface area contributed by atoms with E-state index in [1.807, 2.05) is 13.8 Å². The number of likely N-dealkylation sites (N-methyl/N-ethyl adjacent to an activating group) is 1. The molecule has 0 rings (SSSR count). The van der Waals surface area contributed by atoms with Crippen LogP contribution < -0.4 is 0 Å². The molecule has 1 atom stereocenters. The van der Waals surface area contributed by atoms with Crippen LogP contribution in [0.2, 0.25) is 0 Å². The highest BCUT2D eigenvalue weighted by Crippen LogP contribution is 2.16. The molecule has 0 radical (unpaired) electrons. The summed E-state index contributed by atoms with van der Waals surface area (Å²) >= 11 is 0. The minimum absolute atomic E-state index is 0.124. The third-order valence-corrected chi connectivity index (χ3v) is 4.76. The lowest BCUT2D eigenvalue weighted by Gasteiger charge is -2.28. The van der Waals surface area contributed by atoms with Gasteiger partial charge in [0.1, 0.15) is 0 Å². The van der Waals surface area contributed by atoms with Gasteiger partial charge in [0.25, 0.3) is 0 Å². The first kappa shape index (κ1) is 14.9. The average Bonchev–Trinajstić information content (AvgIpc) is 2.12. The van der Waals surface area contributed by atoms with E-state index >= 15 is 0 Å². The van der Waals surface area contributed by atoms with Gasteiger partial charge in [0.2, 0.25) is 10.0 Å². The van der Waals surface area contributed by atoms with Gasteiger partial charge >= 0.3 is 0 Å². The van der Waals surface area contributed by atoms with Crippen molar-refractivity contribution in [3.8, 4) is 0 Å². The van der Waals surface area contributed by atoms with E-state index in [1.54, 1.807) is 20.9 Å². The smallest absolute Gasteiger partial charge is 0.216 e. The maximum atomic E-state index is 11.8. The number of hydrogen-bond acceptors (Lipinski definition) is 3. The summed E-state index contributed by atoms with van der Waals surface area (Å²) in [6.45, 7) is 7.20. The van der Waals surface area contributed by atoms with Gasteiger partial charge in [0.15, 0.2) is 0 Å². The monoisotopic (exact) mass is 237 g/mol. The molecule has 4 nitrogen and oxygen atoms in total. The van der Waals surface area contributed by atoms with Gasteiger partial charge in [0, 0.05) is 13.1 Å². The van der Waals surface area contributed by atoms with Gasteiger partial charge in [-0.15, -0.1) is 0 Å². The molecule has 1 N–H and O–H groups in total. The van der Waals surface area contributed by atoms with Crippen LogP contribution >= 0.6 is 0 Å². The molecule has 0 aromatic carbocycles. The lowest BCUT2D eigenvalue weighted by atomic mass is 10.1. The zero-order chi connectivity index (χ0) is 12.2. The number of hydrogen-bond donors (Lipinski definition) is 1. The van der Waals surface area contributed by atoms with Gasteiger partial charge in [-0.2, -0.15) is 4.31 Å². The Labute approximate surface area is 93.3 Å². The standard InChI is InChI=1S/C10H23NO3S/c1-8(2)6-10(7-12)11(5)15(13,14)9(3)4/h8-10,12H,6-7H2,1-5H3/t10-/m1/s1. The largest absolute Gasteiger partial charge is 0.395 e. The Morgan fingerprint density at radius 1 is 1.20 bits per heavy atom. The summed E-state index contributed by atoms with van der Waals surface area (Å²) in [7, 11) is -1.72. The molecule has 0 fully saturated rings. The Balaban J connectivity index is 4.73. The summed E-state index contributed by atoms with van der Waals surface area (Å²) in [4.78, 5) is 0. The summed E-state index contributed by atoms with van der Waals surface area (Å²) < 4.78 is 25.0. The summed E-state index contributed by atoms with van der Waals surface area (Å²) in [6, 6.07) is -0.308. The number of rotatable bonds is 6. The van der Waals surface area contributed by atoms with E-state index in [0.717, 1.165) is 0 Å². The first-order valence-electron chi connectivity index (χ1n) is 5.31. The normalized spacial score (nSPS) is 15.3. The van der Waals surface area contributed by atoms with E-state index in [2.05, 4.69) is 0 Å². The quantitative estimate of drug-likeness (QED) is 0.751. The van der Waals surface area contributed by atoms with Crippen LogP contribution in [-0.4, -0.2) is 42.8 Å². The number of sulfonamides is 1. The average molecular weight is 237 g/mol. The molecule has 15 heavy (non-hydrogen) atoms. The highest BCUT2D eigenvalue weighted by molar-refractivity contribution is 7.89. The van der Waals surface area contributed by atoms with Crippen LogP contribution in [0.5, 0.6) is 0 Å². The molecule has 0 aliphatic rings. The lowest BCUT2D eigenvalue weighted by Crippen LogP contribution is -2.43. The Bertz CT molecular complexity index is 272. The number of nitrogens with zero attached hydrogens (tertiary/aromatic N) is 1. The third kappa shape index (κ3) is 4.09. The maximum Gasteiger partial charge on any atom is 0.216 e.